The minimum Gasteiger partial charge on any atom is -0.389 e. The molecule has 0 aromatic heterocycles. The lowest BCUT2D eigenvalue weighted by Gasteiger charge is -2.22. The molecule has 1 aromatic rings. The van der Waals surface area contributed by atoms with E-state index in [1.54, 1.807) is 19.1 Å². The van der Waals surface area contributed by atoms with Crippen molar-refractivity contribution in [3.05, 3.63) is 29.8 Å². The summed E-state index contributed by atoms with van der Waals surface area (Å²) in [7, 11) is -3.58. The quantitative estimate of drug-likeness (QED) is 0.877. The van der Waals surface area contributed by atoms with Crippen molar-refractivity contribution in [3.8, 4) is 0 Å². The second kappa shape index (κ2) is 5.84. The van der Waals surface area contributed by atoms with Crippen LogP contribution >= 0.6 is 0 Å². The maximum atomic E-state index is 12.1. The molecular formula is C15H25NO3S. The molecule has 0 spiro atoms. The summed E-state index contributed by atoms with van der Waals surface area (Å²) in [6.45, 7) is 9.66. The Morgan fingerprint density at radius 2 is 1.60 bits per heavy atom. The van der Waals surface area contributed by atoms with Crippen LogP contribution in [0.25, 0.3) is 0 Å². The highest BCUT2D eigenvalue weighted by Crippen LogP contribution is 2.23. The predicted octanol–water partition coefficient (Wildman–Crippen LogP) is 2.42. The molecule has 0 radical (unpaired) electrons. The molecule has 20 heavy (non-hydrogen) atoms. The Kier molecular flexibility index (Phi) is 5.00. The summed E-state index contributed by atoms with van der Waals surface area (Å²) < 4.78 is 26.7. The molecule has 5 heteroatoms. The first-order chi connectivity index (χ1) is 8.98. The van der Waals surface area contributed by atoms with Crippen LogP contribution in [0.3, 0.4) is 0 Å². The number of benzene rings is 1. The lowest BCUT2D eigenvalue weighted by molar-refractivity contribution is 0.0613. The number of nitrogens with one attached hydrogen (secondary N) is 1. The van der Waals surface area contributed by atoms with E-state index in [9.17, 15) is 13.5 Å². The highest BCUT2D eigenvalue weighted by molar-refractivity contribution is 7.89. The molecule has 0 saturated carbocycles. The van der Waals surface area contributed by atoms with Crippen LogP contribution in [0.1, 0.15) is 46.6 Å². The standard InChI is InChI=1S/C15H25NO3S/c1-6-15(5,17)11-16-20(18,19)13-9-7-12(8-10-13)14(2,3)4/h7-10,16-17H,6,11H2,1-5H3. The Balaban J connectivity index is 2.89. The van der Waals surface area contributed by atoms with Gasteiger partial charge in [-0.2, -0.15) is 0 Å². The topological polar surface area (TPSA) is 66.4 Å². The van der Waals surface area contributed by atoms with E-state index < -0.39 is 15.6 Å². The number of rotatable bonds is 5. The van der Waals surface area contributed by atoms with E-state index in [2.05, 4.69) is 25.5 Å². The maximum Gasteiger partial charge on any atom is 0.240 e. The molecule has 1 rings (SSSR count). The summed E-state index contributed by atoms with van der Waals surface area (Å²) in [4.78, 5) is 0.220. The Bertz CT molecular complexity index is 539. The molecule has 0 amide bonds. The number of hydrogen-bond acceptors (Lipinski definition) is 3. The van der Waals surface area contributed by atoms with Crippen LogP contribution in [0.4, 0.5) is 0 Å². The first-order valence-corrected chi connectivity index (χ1v) is 8.29. The van der Waals surface area contributed by atoms with Crippen molar-refractivity contribution in [1.82, 2.24) is 4.72 Å². The predicted molar refractivity (Wildman–Crippen MR) is 81.2 cm³/mol. The van der Waals surface area contributed by atoms with Gasteiger partial charge >= 0.3 is 0 Å². The molecule has 0 bridgehead atoms. The van der Waals surface area contributed by atoms with Gasteiger partial charge in [-0.15, -0.1) is 0 Å². The number of aliphatic hydroxyl groups is 1. The summed E-state index contributed by atoms with van der Waals surface area (Å²) in [5.41, 5.74) is 0.0389. The van der Waals surface area contributed by atoms with E-state index in [1.807, 2.05) is 19.1 Å². The van der Waals surface area contributed by atoms with Crippen LogP contribution in [-0.4, -0.2) is 25.7 Å². The van der Waals surface area contributed by atoms with Crippen molar-refractivity contribution < 1.29 is 13.5 Å². The van der Waals surface area contributed by atoms with E-state index >= 15 is 0 Å². The summed E-state index contributed by atoms with van der Waals surface area (Å²) in [5.74, 6) is 0. The van der Waals surface area contributed by atoms with Crippen molar-refractivity contribution in [1.29, 1.82) is 0 Å². The lowest BCUT2D eigenvalue weighted by atomic mass is 9.87. The van der Waals surface area contributed by atoms with Gasteiger partial charge in [0.05, 0.1) is 10.5 Å². The van der Waals surface area contributed by atoms with Crippen molar-refractivity contribution in [2.24, 2.45) is 0 Å². The maximum absolute atomic E-state index is 12.1. The van der Waals surface area contributed by atoms with Gasteiger partial charge in [0.2, 0.25) is 10.0 Å². The van der Waals surface area contributed by atoms with Crippen molar-refractivity contribution >= 4 is 10.0 Å². The molecule has 0 aliphatic rings. The van der Waals surface area contributed by atoms with Gasteiger partial charge < -0.3 is 5.11 Å². The fraction of sp³-hybridized carbons (Fsp3) is 0.600. The van der Waals surface area contributed by atoms with E-state index in [-0.39, 0.29) is 16.9 Å². The van der Waals surface area contributed by atoms with E-state index in [0.29, 0.717) is 6.42 Å². The molecular weight excluding hydrogens is 274 g/mol. The van der Waals surface area contributed by atoms with Gasteiger partial charge in [0.25, 0.3) is 0 Å². The van der Waals surface area contributed by atoms with E-state index in [4.69, 9.17) is 0 Å². The van der Waals surface area contributed by atoms with Crippen LogP contribution in [-0.2, 0) is 15.4 Å². The molecule has 114 valence electrons. The molecule has 2 N–H and O–H groups in total. The van der Waals surface area contributed by atoms with E-state index in [0.717, 1.165) is 5.56 Å². The summed E-state index contributed by atoms with van der Waals surface area (Å²) in [6.07, 6.45) is 0.485. The zero-order valence-electron chi connectivity index (χ0n) is 12.9. The van der Waals surface area contributed by atoms with Crippen molar-refractivity contribution in [2.75, 3.05) is 6.54 Å². The normalized spacial score (nSPS) is 15.9. The van der Waals surface area contributed by atoms with Gasteiger partial charge in [-0.25, -0.2) is 13.1 Å². The fourth-order valence-electron chi connectivity index (χ4n) is 1.59. The smallest absolute Gasteiger partial charge is 0.240 e. The van der Waals surface area contributed by atoms with Crippen LogP contribution in [0.2, 0.25) is 0 Å². The van der Waals surface area contributed by atoms with Crippen molar-refractivity contribution in [3.63, 3.8) is 0 Å². The third kappa shape index (κ3) is 4.58. The van der Waals surface area contributed by atoms with Gasteiger partial charge in [0.1, 0.15) is 0 Å². The second-order valence-corrected chi connectivity index (χ2v) is 8.22. The first-order valence-electron chi connectivity index (χ1n) is 6.80. The zero-order valence-corrected chi connectivity index (χ0v) is 13.7. The zero-order chi connectivity index (χ0) is 15.6. The van der Waals surface area contributed by atoms with E-state index in [1.165, 1.54) is 0 Å². The van der Waals surface area contributed by atoms with Gasteiger partial charge in [-0.1, -0.05) is 39.8 Å². The lowest BCUT2D eigenvalue weighted by Crippen LogP contribution is -2.40. The Morgan fingerprint density at radius 1 is 1.10 bits per heavy atom. The Morgan fingerprint density at radius 3 is 2.00 bits per heavy atom. The molecule has 0 saturated heterocycles. The molecule has 1 atom stereocenters. The summed E-state index contributed by atoms with van der Waals surface area (Å²) in [6, 6.07) is 6.85. The van der Waals surface area contributed by atoms with Crippen LogP contribution in [0.15, 0.2) is 29.2 Å². The number of hydrogen-bond donors (Lipinski definition) is 2. The molecule has 0 fully saturated rings. The Labute approximate surface area is 122 Å². The number of sulfonamides is 1. The van der Waals surface area contributed by atoms with Gasteiger partial charge in [-0.3, -0.25) is 0 Å². The first kappa shape index (κ1) is 17.1. The average Bonchev–Trinajstić information content (AvgIpc) is 2.36. The minimum absolute atomic E-state index is 0.00680. The highest BCUT2D eigenvalue weighted by Gasteiger charge is 2.23. The fourth-order valence-corrected chi connectivity index (χ4v) is 2.75. The minimum atomic E-state index is -3.58. The van der Waals surface area contributed by atoms with Gasteiger partial charge in [-0.05, 0) is 36.5 Å². The van der Waals surface area contributed by atoms with Gasteiger partial charge in [0, 0.05) is 6.54 Å². The van der Waals surface area contributed by atoms with Crippen molar-refractivity contribution in [2.45, 2.75) is 57.0 Å². The third-order valence-corrected chi connectivity index (χ3v) is 4.85. The average molecular weight is 299 g/mol. The van der Waals surface area contributed by atoms with Crippen LogP contribution in [0.5, 0.6) is 0 Å². The van der Waals surface area contributed by atoms with Gasteiger partial charge in [0.15, 0.2) is 0 Å². The second-order valence-electron chi connectivity index (χ2n) is 6.45. The Hall–Kier alpha value is -0.910. The third-order valence-electron chi connectivity index (χ3n) is 3.44. The summed E-state index contributed by atoms with van der Waals surface area (Å²) >= 11 is 0. The molecule has 0 aliphatic carbocycles. The SMILES string of the molecule is CCC(C)(O)CNS(=O)(=O)c1ccc(C(C)(C)C)cc1. The molecule has 0 aliphatic heterocycles. The molecule has 1 unspecified atom stereocenters. The molecule has 0 heterocycles. The highest BCUT2D eigenvalue weighted by atomic mass is 32.2. The molecule has 1 aromatic carbocycles. The van der Waals surface area contributed by atoms with Crippen LogP contribution in [0, 0.1) is 0 Å². The largest absolute Gasteiger partial charge is 0.389 e. The molecule has 4 nitrogen and oxygen atoms in total. The summed E-state index contributed by atoms with van der Waals surface area (Å²) in [5, 5.41) is 9.86. The van der Waals surface area contributed by atoms with Crippen LogP contribution < -0.4 is 4.72 Å². The monoisotopic (exact) mass is 299 g/mol.